The Labute approximate surface area is 231 Å². The fourth-order valence-corrected chi connectivity index (χ4v) is 5.32. The second kappa shape index (κ2) is 12.1. The van der Waals surface area contributed by atoms with E-state index in [1.807, 2.05) is 12.1 Å². The van der Waals surface area contributed by atoms with Crippen LogP contribution in [0.1, 0.15) is 41.3 Å². The zero-order chi connectivity index (χ0) is 28.2. The molecule has 0 aromatic heterocycles. The first-order chi connectivity index (χ1) is 19.3. The molecule has 2 aromatic rings. The van der Waals surface area contributed by atoms with Gasteiger partial charge in [0.15, 0.2) is 6.10 Å². The van der Waals surface area contributed by atoms with Crippen molar-refractivity contribution in [2.75, 3.05) is 49.7 Å². The number of hydrogen-bond acceptors (Lipinski definition) is 7. The van der Waals surface area contributed by atoms with Crippen LogP contribution in [0.25, 0.3) is 0 Å². The van der Waals surface area contributed by atoms with E-state index in [0.29, 0.717) is 32.0 Å². The fraction of sp³-hybridized carbons (Fsp3) is 0.448. The van der Waals surface area contributed by atoms with Crippen LogP contribution in [0.2, 0.25) is 0 Å². The molecular formula is C29H32FN3O7. The van der Waals surface area contributed by atoms with Gasteiger partial charge in [0.1, 0.15) is 5.82 Å². The van der Waals surface area contributed by atoms with Gasteiger partial charge < -0.3 is 29.3 Å². The average Bonchev–Trinajstić information content (AvgIpc) is 2.96. The van der Waals surface area contributed by atoms with Crippen LogP contribution in [0.4, 0.5) is 15.8 Å². The molecule has 0 spiro atoms. The SMILES string of the molecule is CC(=O)O[C@@H](C(=O)Nc1ccc2c(c1)CCCC2)[C@H]1OCCN(c2ccc(F)c(C(=O)N3CCOCC3)c2)C1=O. The molecule has 0 unspecified atom stereocenters. The minimum Gasteiger partial charge on any atom is -0.449 e. The van der Waals surface area contributed by atoms with Gasteiger partial charge in [-0.2, -0.15) is 0 Å². The van der Waals surface area contributed by atoms with Gasteiger partial charge in [-0.05, 0) is 67.1 Å². The maximum Gasteiger partial charge on any atom is 0.303 e. The van der Waals surface area contributed by atoms with E-state index in [9.17, 15) is 23.6 Å². The summed E-state index contributed by atoms with van der Waals surface area (Å²) in [5, 5.41) is 2.76. The first kappa shape index (κ1) is 27.7. The maximum atomic E-state index is 14.7. The number of nitrogens with one attached hydrogen (secondary N) is 1. The first-order valence-electron chi connectivity index (χ1n) is 13.5. The summed E-state index contributed by atoms with van der Waals surface area (Å²) in [4.78, 5) is 54.6. The number of fused-ring (bicyclic) bond motifs is 1. The minimum absolute atomic E-state index is 0.0322. The van der Waals surface area contributed by atoms with Crippen LogP contribution < -0.4 is 10.2 Å². The molecule has 0 radical (unpaired) electrons. The second-order valence-corrected chi connectivity index (χ2v) is 10.1. The van der Waals surface area contributed by atoms with Crippen LogP contribution in [0.5, 0.6) is 0 Å². The van der Waals surface area contributed by atoms with Crippen molar-refractivity contribution in [1.29, 1.82) is 0 Å². The molecule has 3 amide bonds. The number of esters is 1. The number of anilines is 2. The van der Waals surface area contributed by atoms with Gasteiger partial charge in [-0.25, -0.2) is 4.39 Å². The smallest absolute Gasteiger partial charge is 0.303 e. The highest BCUT2D eigenvalue weighted by Crippen LogP contribution is 2.27. The predicted molar refractivity (Wildman–Crippen MR) is 142 cm³/mol. The highest BCUT2D eigenvalue weighted by molar-refractivity contribution is 6.05. The van der Waals surface area contributed by atoms with Gasteiger partial charge in [0.2, 0.25) is 6.10 Å². The lowest BCUT2D eigenvalue weighted by Crippen LogP contribution is -2.56. The summed E-state index contributed by atoms with van der Waals surface area (Å²) in [6.07, 6.45) is 1.12. The van der Waals surface area contributed by atoms with Crippen LogP contribution in [-0.2, 0) is 41.4 Å². The quantitative estimate of drug-likeness (QED) is 0.547. The van der Waals surface area contributed by atoms with Crippen molar-refractivity contribution in [1.82, 2.24) is 4.90 Å². The van der Waals surface area contributed by atoms with Crippen LogP contribution in [0, 0.1) is 5.82 Å². The van der Waals surface area contributed by atoms with E-state index in [1.54, 1.807) is 6.07 Å². The topological polar surface area (TPSA) is 114 Å². The monoisotopic (exact) mass is 553 g/mol. The molecule has 2 fully saturated rings. The molecule has 1 N–H and O–H groups in total. The lowest BCUT2D eigenvalue weighted by Gasteiger charge is -2.35. The van der Waals surface area contributed by atoms with Crippen molar-refractivity contribution < 1.29 is 37.8 Å². The van der Waals surface area contributed by atoms with Gasteiger partial charge in [0.25, 0.3) is 17.7 Å². The number of amides is 3. The number of rotatable bonds is 6. The largest absolute Gasteiger partial charge is 0.449 e. The molecule has 1 aliphatic carbocycles. The van der Waals surface area contributed by atoms with Crippen LogP contribution in [-0.4, -0.2) is 80.3 Å². The van der Waals surface area contributed by atoms with Crippen LogP contribution in [0.3, 0.4) is 0 Å². The lowest BCUT2D eigenvalue weighted by atomic mass is 9.91. The molecule has 0 bridgehead atoms. The maximum absolute atomic E-state index is 14.7. The third-order valence-corrected chi connectivity index (χ3v) is 7.35. The Balaban J connectivity index is 1.36. The van der Waals surface area contributed by atoms with E-state index in [0.717, 1.165) is 44.2 Å². The van der Waals surface area contributed by atoms with Crippen LogP contribution in [0.15, 0.2) is 36.4 Å². The minimum atomic E-state index is -1.56. The number of carbonyl (C=O) groups excluding carboxylic acids is 4. The van der Waals surface area contributed by atoms with Gasteiger partial charge in [-0.15, -0.1) is 0 Å². The molecular weight excluding hydrogens is 521 g/mol. The van der Waals surface area contributed by atoms with Crippen molar-refractivity contribution in [3.05, 3.63) is 58.9 Å². The van der Waals surface area contributed by atoms with E-state index in [1.165, 1.54) is 27.5 Å². The molecule has 2 heterocycles. The van der Waals surface area contributed by atoms with E-state index >= 15 is 0 Å². The molecule has 212 valence electrons. The molecule has 2 atom stereocenters. The summed E-state index contributed by atoms with van der Waals surface area (Å²) >= 11 is 0. The molecule has 2 saturated heterocycles. The Hall–Kier alpha value is -3.83. The van der Waals surface area contributed by atoms with Gasteiger partial charge in [0.05, 0.1) is 25.4 Å². The zero-order valence-electron chi connectivity index (χ0n) is 22.3. The van der Waals surface area contributed by atoms with Crippen molar-refractivity contribution in [2.24, 2.45) is 0 Å². The van der Waals surface area contributed by atoms with Crippen LogP contribution >= 0.6 is 0 Å². The molecule has 2 aromatic carbocycles. The van der Waals surface area contributed by atoms with Gasteiger partial charge in [-0.1, -0.05) is 6.07 Å². The zero-order valence-corrected chi connectivity index (χ0v) is 22.3. The Morgan fingerprint density at radius 3 is 2.50 bits per heavy atom. The Morgan fingerprint density at radius 2 is 1.75 bits per heavy atom. The Kier molecular flexibility index (Phi) is 8.41. The predicted octanol–water partition coefficient (Wildman–Crippen LogP) is 2.48. The number of nitrogens with zero attached hydrogens (tertiary/aromatic N) is 2. The number of morpholine rings is 2. The third-order valence-electron chi connectivity index (χ3n) is 7.35. The molecule has 40 heavy (non-hydrogen) atoms. The second-order valence-electron chi connectivity index (χ2n) is 10.1. The highest BCUT2D eigenvalue weighted by atomic mass is 19.1. The Morgan fingerprint density at radius 1 is 1.00 bits per heavy atom. The molecule has 2 aliphatic heterocycles. The number of benzene rings is 2. The summed E-state index contributed by atoms with van der Waals surface area (Å²) in [6.45, 7) is 2.68. The lowest BCUT2D eigenvalue weighted by molar-refractivity contribution is -0.167. The van der Waals surface area contributed by atoms with Gasteiger partial charge in [0, 0.05) is 37.9 Å². The van der Waals surface area contributed by atoms with Gasteiger partial charge in [-0.3, -0.25) is 19.2 Å². The summed E-state index contributed by atoms with van der Waals surface area (Å²) < 4.78 is 30.9. The number of hydrogen-bond donors (Lipinski definition) is 1. The summed E-state index contributed by atoms with van der Waals surface area (Å²) in [7, 11) is 0. The summed E-state index contributed by atoms with van der Waals surface area (Å²) in [6, 6.07) is 9.50. The number of halogens is 1. The van der Waals surface area contributed by atoms with E-state index in [-0.39, 0.29) is 24.4 Å². The van der Waals surface area contributed by atoms with E-state index in [2.05, 4.69) is 5.32 Å². The van der Waals surface area contributed by atoms with Crippen molar-refractivity contribution in [2.45, 2.75) is 44.8 Å². The average molecular weight is 554 g/mol. The Bertz CT molecular complexity index is 1310. The third kappa shape index (κ3) is 6.00. The molecule has 10 nitrogen and oxygen atoms in total. The molecule has 0 saturated carbocycles. The molecule has 3 aliphatic rings. The molecule has 5 rings (SSSR count). The van der Waals surface area contributed by atoms with Crippen molar-refractivity contribution >= 4 is 35.1 Å². The van der Waals surface area contributed by atoms with Crippen molar-refractivity contribution in [3.63, 3.8) is 0 Å². The molecule has 11 heteroatoms. The number of carbonyl (C=O) groups is 4. The van der Waals surface area contributed by atoms with E-state index in [4.69, 9.17) is 14.2 Å². The fourth-order valence-electron chi connectivity index (χ4n) is 5.32. The number of aryl methyl sites for hydroxylation is 2. The van der Waals surface area contributed by atoms with Gasteiger partial charge >= 0.3 is 5.97 Å². The first-order valence-corrected chi connectivity index (χ1v) is 13.5. The standard InChI is InChI=1S/C29H32FN3O7/c1-18(34)40-25(27(35)31-21-7-6-19-4-2-3-5-20(19)16-21)26-29(37)33(12-15-39-26)22-8-9-24(30)23(17-22)28(36)32-10-13-38-14-11-32/h6-9,16-17,25-26H,2-5,10-15H2,1H3,(H,31,35)/t25-,26-/m1/s1. The highest BCUT2D eigenvalue weighted by Gasteiger charge is 2.43. The summed E-state index contributed by atoms with van der Waals surface area (Å²) in [5.74, 6) is -3.30. The summed E-state index contributed by atoms with van der Waals surface area (Å²) in [5.41, 5.74) is 3.04. The van der Waals surface area contributed by atoms with Crippen molar-refractivity contribution in [3.8, 4) is 0 Å². The van der Waals surface area contributed by atoms with E-state index < -0.39 is 41.7 Å². The number of ether oxygens (including phenoxy) is 3. The normalized spacial score (nSPS) is 19.9.